The molecule has 15 heavy (non-hydrogen) atoms. The highest BCUT2D eigenvalue weighted by atomic mass is 19.4. The second-order valence-corrected chi connectivity index (χ2v) is 3.20. The van der Waals surface area contributed by atoms with E-state index in [1.165, 1.54) is 0 Å². The number of ether oxygens (including phenoxy) is 1. The summed E-state index contributed by atoms with van der Waals surface area (Å²) < 4.78 is 40.0. The molecule has 86 valence electrons. The van der Waals surface area contributed by atoms with Crippen molar-refractivity contribution in [2.24, 2.45) is 4.99 Å². The number of halogens is 3. The van der Waals surface area contributed by atoms with Crippen LogP contribution in [-0.2, 0) is 4.74 Å². The van der Waals surface area contributed by atoms with Crippen LogP contribution < -0.4 is 5.32 Å². The first-order valence-electron chi connectivity index (χ1n) is 4.56. The molecule has 0 bridgehead atoms. The van der Waals surface area contributed by atoms with E-state index in [9.17, 15) is 13.2 Å². The molecule has 1 unspecified atom stereocenters. The molecule has 1 N–H and O–H groups in total. The third kappa shape index (κ3) is 4.94. The van der Waals surface area contributed by atoms with Crippen LogP contribution in [0.5, 0.6) is 0 Å². The normalized spacial score (nSPS) is 21.6. The highest BCUT2D eigenvalue weighted by Gasteiger charge is 2.29. The van der Waals surface area contributed by atoms with E-state index >= 15 is 0 Å². The van der Waals surface area contributed by atoms with E-state index < -0.39 is 19.0 Å². The van der Waals surface area contributed by atoms with Gasteiger partial charge in [0, 0.05) is 19.2 Å². The van der Waals surface area contributed by atoms with Crippen molar-refractivity contribution in [3.8, 4) is 0 Å². The third-order valence-corrected chi connectivity index (χ3v) is 1.81. The maximum absolute atomic E-state index is 11.8. The van der Waals surface area contributed by atoms with Crippen molar-refractivity contribution >= 4 is 6.21 Å². The van der Waals surface area contributed by atoms with Gasteiger partial charge in [-0.15, -0.1) is 0 Å². The lowest BCUT2D eigenvalue weighted by Gasteiger charge is -2.17. The largest absolute Gasteiger partial charge is 0.411 e. The molecule has 0 amide bonds. The fraction of sp³-hybridized carbons (Fsp3) is 0.667. The predicted molar refractivity (Wildman–Crippen MR) is 50.9 cm³/mol. The van der Waals surface area contributed by atoms with Crippen LogP contribution in [-0.4, -0.2) is 38.8 Å². The molecule has 1 rings (SSSR count). The third-order valence-electron chi connectivity index (χ3n) is 1.81. The molecule has 1 aliphatic heterocycles. The van der Waals surface area contributed by atoms with E-state index in [-0.39, 0.29) is 0 Å². The Morgan fingerprint density at radius 2 is 2.33 bits per heavy atom. The molecule has 0 aromatic carbocycles. The van der Waals surface area contributed by atoms with Crippen molar-refractivity contribution in [1.82, 2.24) is 5.32 Å². The zero-order valence-electron chi connectivity index (χ0n) is 8.34. The number of hydrogen-bond donors (Lipinski definition) is 1. The Morgan fingerprint density at radius 3 is 2.80 bits per heavy atom. The first-order chi connectivity index (χ1) is 7.01. The Bertz CT molecular complexity index is 261. The molecule has 0 aliphatic carbocycles. The number of likely N-dealkylation sites (N-methyl/N-ethyl adjacent to an activating group) is 1. The van der Waals surface area contributed by atoms with E-state index in [1.54, 1.807) is 13.3 Å². The van der Waals surface area contributed by atoms with Gasteiger partial charge in [0.1, 0.15) is 6.61 Å². The zero-order chi connectivity index (χ0) is 11.3. The lowest BCUT2D eigenvalue weighted by Crippen LogP contribution is -2.24. The van der Waals surface area contributed by atoms with Crippen LogP contribution >= 0.6 is 0 Å². The Balaban J connectivity index is 2.30. The Morgan fingerprint density at radius 1 is 1.60 bits per heavy atom. The van der Waals surface area contributed by atoms with Crippen molar-refractivity contribution in [2.45, 2.75) is 18.8 Å². The fourth-order valence-corrected chi connectivity index (χ4v) is 1.17. The van der Waals surface area contributed by atoms with Gasteiger partial charge in [0.2, 0.25) is 0 Å². The first kappa shape index (κ1) is 12.2. The van der Waals surface area contributed by atoms with Crippen molar-refractivity contribution in [3.05, 3.63) is 11.6 Å². The molecule has 0 aromatic heterocycles. The Kier molecular flexibility index (Phi) is 4.28. The van der Waals surface area contributed by atoms with Gasteiger partial charge in [0.25, 0.3) is 0 Å². The summed E-state index contributed by atoms with van der Waals surface area (Å²) in [5, 5.41) is 2.93. The first-order valence-corrected chi connectivity index (χ1v) is 4.56. The highest BCUT2D eigenvalue weighted by molar-refractivity contribution is 5.79. The zero-order valence-corrected chi connectivity index (χ0v) is 8.34. The summed E-state index contributed by atoms with van der Waals surface area (Å²) in [6.07, 6.45) is -1.23. The van der Waals surface area contributed by atoms with Crippen LogP contribution in [0, 0.1) is 0 Å². The minimum absolute atomic E-state index is 0.392. The predicted octanol–water partition coefficient (Wildman–Crippen LogP) is 1.51. The van der Waals surface area contributed by atoms with Crippen molar-refractivity contribution < 1.29 is 17.9 Å². The van der Waals surface area contributed by atoms with Gasteiger partial charge in [-0.2, -0.15) is 13.2 Å². The molecule has 3 nitrogen and oxygen atoms in total. The number of rotatable bonds is 4. The number of alkyl halides is 3. The average Bonchev–Trinajstić information content (AvgIpc) is 2.16. The van der Waals surface area contributed by atoms with E-state index in [0.717, 1.165) is 5.57 Å². The molecular weight excluding hydrogens is 209 g/mol. The van der Waals surface area contributed by atoms with Crippen molar-refractivity contribution in [1.29, 1.82) is 0 Å². The summed E-state index contributed by atoms with van der Waals surface area (Å²) in [7, 11) is 1.79. The van der Waals surface area contributed by atoms with Gasteiger partial charge in [0.05, 0.1) is 0 Å². The van der Waals surface area contributed by atoms with Crippen LogP contribution in [0.1, 0.15) is 6.42 Å². The van der Waals surface area contributed by atoms with E-state index in [1.807, 2.05) is 6.08 Å². The van der Waals surface area contributed by atoms with Gasteiger partial charge >= 0.3 is 6.18 Å². The lowest BCUT2D eigenvalue weighted by molar-refractivity contribution is -0.184. The fourth-order valence-electron chi connectivity index (χ4n) is 1.17. The standard InChI is InChI=1S/C9H13F3N2O/c1-13-4-7-2-3-8(14-5-7)15-6-9(10,11)12/h2,5,8,13H,3-4,6H2,1H3. The maximum atomic E-state index is 11.8. The molecule has 0 radical (unpaired) electrons. The van der Waals surface area contributed by atoms with Gasteiger partial charge in [-0.1, -0.05) is 6.08 Å². The second-order valence-electron chi connectivity index (χ2n) is 3.20. The Labute approximate surface area is 86.0 Å². The van der Waals surface area contributed by atoms with Gasteiger partial charge in [-0.3, -0.25) is 4.99 Å². The number of nitrogens with one attached hydrogen (secondary N) is 1. The summed E-state index contributed by atoms with van der Waals surface area (Å²) in [6, 6.07) is 0. The van der Waals surface area contributed by atoms with E-state index in [0.29, 0.717) is 13.0 Å². The molecule has 0 spiro atoms. The van der Waals surface area contributed by atoms with Gasteiger partial charge in [-0.05, 0) is 12.6 Å². The number of hydrogen-bond acceptors (Lipinski definition) is 3. The SMILES string of the molecule is CNCC1=CCC(OCC(F)(F)F)N=C1. The molecular formula is C9H13F3N2O. The molecule has 1 aliphatic rings. The monoisotopic (exact) mass is 222 g/mol. The second kappa shape index (κ2) is 5.27. The molecule has 0 saturated heterocycles. The summed E-state index contributed by atoms with van der Waals surface area (Å²) in [5.41, 5.74) is 0.962. The van der Waals surface area contributed by atoms with Gasteiger partial charge < -0.3 is 10.1 Å². The maximum Gasteiger partial charge on any atom is 0.411 e. The molecule has 0 aromatic rings. The number of aliphatic imine (C=N–C) groups is 1. The van der Waals surface area contributed by atoms with Crippen LogP contribution in [0.25, 0.3) is 0 Å². The minimum Gasteiger partial charge on any atom is -0.347 e. The summed E-state index contributed by atoms with van der Waals surface area (Å²) in [6.45, 7) is -0.584. The van der Waals surface area contributed by atoms with Crippen molar-refractivity contribution in [2.75, 3.05) is 20.2 Å². The van der Waals surface area contributed by atoms with Gasteiger partial charge in [0.15, 0.2) is 6.23 Å². The highest BCUT2D eigenvalue weighted by Crippen LogP contribution is 2.18. The van der Waals surface area contributed by atoms with Gasteiger partial charge in [-0.25, -0.2) is 0 Å². The smallest absolute Gasteiger partial charge is 0.347 e. The Hall–Kier alpha value is -0.880. The van der Waals surface area contributed by atoms with Crippen molar-refractivity contribution in [3.63, 3.8) is 0 Å². The average molecular weight is 222 g/mol. The van der Waals surface area contributed by atoms with Crippen LogP contribution in [0.15, 0.2) is 16.6 Å². The summed E-state index contributed by atoms with van der Waals surface area (Å²) in [4.78, 5) is 3.88. The number of nitrogens with zero attached hydrogens (tertiary/aromatic N) is 1. The summed E-state index contributed by atoms with van der Waals surface area (Å²) >= 11 is 0. The minimum atomic E-state index is -4.29. The lowest BCUT2D eigenvalue weighted by atomic mass is 10.2. The molecule has 0 fully saturated rings. The molecule has 0 saturated carbocycles. The van der Waals surface area contributed by atoms with Crippen LogP contribution in [0.3, 0.4) is 0 Å². The number of dihydropyridines is 1. The quantitative estimate of drug-likeness (QED) is 0.782. The van der Waals surface area contributed by atoms with E-state index in [2.05, 4.69) is 15.0 Å². The van der Waals surface area contributed by atoms with Crippen LogP contribution in [0.4, 0.5) is 13.2 Å². The van der Waals surface area contributed by atoms with Crippen LogP contribution in [0.2, 0.25) is 0 Å². The molecule has 1 heterocycles. The molecule has 6 heteroatoms. The molecule has 1 atom stereocenters. The summed E-state index contributed by atoms with van der Waals surface area (Å²) in [5.74, 6) is 0. The topological polar surface area (TPSA) is 33.6 Å². The van der Waals surface area contributed by atoms with E-state index in [4.69, 9.17) is 0 Å².